The van der Waals surface area contributed by atoms with Gasteiger partial charge >= 0.3 is 0 Å². The molecule has 2 rings (SSSR count). The van der Waals surface area contributed by atoms with Crippen LogP contribution in [0.4, 0.5) is 4.39 Å². The van der Waals surface area contributed by atoms with Crippen molar-refractivity contribution in [3.8, 4) is 5.75 Å². The maximum absolute atomic E-state index is 13.5. The Kier molecular flexibility index (Phi) is 4.10. The van der Waals surface area contributed by atoms with Gasteiger partial charge in [0.1, 0.15) is 11.6 Å². The van der Waals surface area contributed by atoms with Gasteiger partial charge in [-0.25, -0.2) is 4.39 Å². The van der Waals surface area contributed by atoms with E-state index in [4.69, 9.17) is 0 Å². The van der Waals surface area contributed by atoms with Crippen LogP contribution in [0, 0.1) is 5.82 Å². The Balaban J connectivity index is 2.51. The topological polar surface area (TPSA) is 28.4 Å². The first-order valence-corrected chi connectivity index (χ1v) is 6.68. The Bertz CT molecular complexity index is 575. The smallest absolute Gasteiger partial charge is 0.129 e. The Morgan fingerprint density at radius 3 is 2.68 bits per heavy atom. The van der Waals surface area contributed by atoms with Crippen LogP contribution in [0.2, 0.25) is 0 Å². The van der Waals surface area contributed by atoms with Crippen molar-refractivity contribution < 1.29 is 9.50 Å². The number of benzene rings is 1. The van der Waals surface area contributed by atoms with E-state index in [0.29, 0.717) is 0 Å². The lowest BCUT2D eigenvalue weighted by atomic mass is 10.1. The van der Waals surface area contributed by atoms with Gasteiger partial charge in [-0.1, -0.05) is 6.92 Å². The molecule has 0 fully saturated rings. The maximum Gasteiger partial charge on any atom is 0.129 e. The van der Waals surface area contributed by atoms with Gasteiger partial charge in [0.15, 0.2) is 0 Å². The number of hydrogen-bond acceptors (Lipinski definition) is 2. The van der Waals surface area contributed by atoms with Gasteiger partial charge in [-0.05, 0) is 38.6 Å². The summed E-state index contributed by atoms with van der Waals surface area (Å²) in [6, 6.07) is 2.70. The zero-order valence-electron chi connectivity index (χ0n) is 11.8. The van der Waals surface area contributed by atoms with Gasteiger partial charge in [-0.3, -0.25) is 0 Å². The third kappa shape index (κ3) is 2.89. The highest BCUT2D eigenvalue weighted by molar-refractivity contribution is 5.89. The van der Waals surface area contributed by atoms with Gasteiger partial charge in [-0.15, -0.1) is 0 Å². The van der Waals surface area contributed by atoms with Crippen LogP contribution in [0.25, 0.3) is 10.9 Å². The summed E-state index contributed by atoms with van der Waals surface area (Å²) >= 11 is 0. The standard InChI is InChI=1S/C15H21FN2O/c1-4-6-18-10-11(5-7-17(2)3)15-13(18)8-12(16)9-14(15)19/h8-10,19H,4-7H2,1-3H3. The normalized spacial score (nSPS) is 11.6. The van der Waals surface area contributed by atoms with Crippen LogP contribution in [0.1, 0.15) is 18.9 Å². The summed E-state index contributed by atoms with van der Waals surface area (Å²) in [5.74, 6) is -0.349. The molecule has 0 saturated carbocycles. The van der Waals surface area contributed by atoms with Gasteiger partial charge < -0.3 is 14.6 Å². The molecule has 0 saturated heterocycles. The number of phenols is 1. The first-order valence-electron chi connectivity index (χ1n) is 6.68. The molecule has 1 N–H and O–H groups in total. The van der Waals surface area contributed by atoms with Gasteiger partial charge in [-0.2, -0.15) is 0 Å². The minimum absolute atomic E-state index is 0.0404. The second-order valence-corrected chi connectivity index (χ2v) is 5.22. The summed E-state index contributed by atoms with van der Waals surface area (Å²) in [4.78, 5) is 2.10. The van der Waals surface area contributed by atoms with E-state index in [1.54, 1.807) is 0 Å². The molecular formula is C15H21FN2O. The zero-order valence-corrected chi connectivity index (χ0v) is 11.8. The van der Waals surface area contributed by atoms with E-state index in [-0.39, 0.29) is 11.6 Å². The van der Waals surface area contributed by atoms with E-state index in [0.717, 1.165) is 42.4 Å². The Hall–Kier alpha value is -1.55. The van der Waals surface area contributed by atoms with E-state index in [2.05, 4.69) is 11.8 Å². The highest BCUT2D eigenvalue weighted by atomic mass is 19.1. The van der Waals surface area contributed by atoms with Crippen LogP contribution in [-0.2, 0) is 13.0 Å². The fourth-order valence-corrected chi connectivity index (χ4v) is 2.42. The first kappa shape index (κ1) is 13.9. The van der Waals surface area contributed by atoms with Crippen molar-refractivity contribution >= 4 is 10.9 Å². The number of aromatic nitrogens is 1. The predicted octanol–water partition coefficient (Wildman–Crippen LogP) is 3.00. The molecule has 2 aromatic rings. The number of hydrogen-bond donors (Lipinski definition) is 1. The molecule has 0 spiro atoms. The molecule has 3 nitrogen and oxygen atoms in total. The Morgan fingerprint density at radius 2 is 2.05 bits per heavy atom. The van der Waals surface area contributed by atoms with E-state index in [9.17, 15) is 9.50 Å². The van der Waals surface area contributed by atoms with Crippen molar-refractivity contribution in [2.75, 3.05) is 20.6 Å². The van der Waals surface area contributed by atoms with Crippen molar-refractivity contribution in [1.82, 2.24) is 9.47 Å². The first-order chi connectivity index (χ1) is 9.02. The van der Waals surface area contributed by atoms with Crippen LogP contribution in [0.15, 0.2) is 18.3 Å². The summed E-state index contributed by atoms with van der Waals surface area (Å²) in [6.07, 6.45) is 3.87. The largest absolute Gasteiger partial charge is 0.507 e. The SMILES string of the molecule is CCCn1cc(CCN(C)C)c2c(O)cc(F)cc21. The van der Waals surface area contributed by atoms with Crippen molar-refractivity contribution in [3.63, 3.8) is 0 Å². The number of nitrogens with zero attached hydrogens (tertiary/aromatic N) is 2. The van der Waals surface area contributed by atoms with Crippen LogP contribution in [0.5, 0.6) is 5.75 Å². The van der Waals surface area contributed by atoms with Crippen molar-refractivity contribution in [3.05, 3.63) is 29.7 Å². The third-order valence-electron chi connectivity index (χ3n) is 3.30. The molecule has 1 aromatic carbocycles. The molecule has 0 amide bonds. The molecule has 104 valence electrons. The van der Waals surface area contributed by atoms with Crippen molar-refractivity contribution in [2.24, 2.45) is 0 Å². The lowest BCUT2D eigenvalue weighted by Gasteiger charge is -2.08. The van der Waals surface area contributed by atoms with Gasteiger partial charge in [0.05, 0.1) is 5.52 Å². The molecule has 0 aliphatic rings. The summed E-state index contributed by atoms with van der Waals surface area (Å²) in [7, 11) is 4.04. The molecule has 1 aromatic heterocycles. The maximum atomic E-state index is 13.5. The highest BCUT2D eigenvalue weighted by Gasteiger charge is 2.13. The fraction of sp³-hybridized carbons (Fsp3) is 0.467. The number of aromatic hydroxyl groups is 1. The summed E-state index contributed by atoms with van der Waals surface area (Å²) in [5.41, 5.74) is 1.86. The van der Waals surface area contributed by atoms with Crippen LogP contribution < -0.4 is 0 Å². The number of aryl methyl sites for hydroxylation is 1. The third-order valence-corrected chi connectivity index (χ3v) is 3.30. The molecule has 1 heterocycles. The molecule has 0 aliphatic carbocycles. The average Bonchev–Trinajstić information content (AvgIpc) is 2.66. The van der Waals surface area contributed by atoms with Gasteiger partial charge in [0, 0.05) is 30.7 Å². The van der Waals surface area contributed by atoms with Crippen LogP contribution in [0.3, 0.4) is 0 Å². The molecule has 0 aliphatic heterocycles. The fourth-order valence-electron chi connectivity index (χ4n) is 2.42. The van der Waals surface area contributed by atoms with Gasteiger partial charge in [0.2, 0.25) is 0 Å². The quantitative estimate of drug-likeness (QED) is 0.899. The number of fused-ring (bicyclic) bond motifs is 1. The monoisotopic (exact) mass is 264 g/mol. The van der Waals surface area contributed by atoms with E-state index >= 15 is 0 Å². The van der Waals surface area contributed by atoms with Crippen molar-refractivity contribution in [1.29, 1.82) is 0 Å². The molecule has 0 bridgehead atoms. The average molecular weight is 264 g/mol. The number of likely N-dealkylation sites (N-methyl/N-ethyl adjacent to an activating group) is 1. The number of halogens is 1. The van der Waals surface area contributed by atoms with Crippen molar-refractivity contribution in [2.45, 2.75) is 26.3 Å². The molecule has 19 heavy (non-hydrogen) atoms. The lowest BCUT2D eigenvalue weighted by Crippen LogP contribution is -2.14. The second-order valence-electron chi connectivity index (χ2n) is 5.22. The summed E-state index contributed by atoms with van der Waals surface area (Å²) in [6.45, 7) is 3.83. The molecule has 0 atom stereocenters. The summed E-state index contributed by atoms with van der Waals surface area (Å²) in [5, 5.41) is 10.8. The number of phenolic OH excluding ortho intramolecular Hbond substituents is 1. The highest BCUT2D eigenvalue weighted by Crippen LogP contribution is 2.31. The zero-order chi connectivity index (χ0) is 14.0. The Morgan fingerprint density at radius 1 is 1.32 bits per heavy atom. The minimum Gasteiger partial charge on any atom is -0.507 e. The second kappa shape index (κ2) is 5.61. The molecule has 0 unspecified atom stereocenters. The van der Waals surface area contributed by atoms with E-state index < -0.39 is 0 Å². The van der Waals surface area contributed by atoms with Crippen LogP contribution >= 0.6 is 0 Å². The van der Waals surface area contributed by atoms with E-state index in [1.165, 1.54) is 12.1 Å². The molecule has 4 heteroatoms. The lowest BCUT2D eigenvalue weighted by molar-refractivity contribution is 0.413. The van der Waals surface area contributed by atoms with E-state index in [1.807, 2.05) is 24.9 Å². The molecular weight excluding hydrogens is 243 g/mol. The van der Waals surface area contributed by atoms with Crippen LogP contribution in [-0.4, -0.2) is 35.2 Å². The molecule has 0 radical (unpaired) electrons. The van der Waals surface area contributed by atoms with Gasteiger partial charge in [0.25, 0.3) is 0 Å². The minimum atomic E-state index is -0.389. The Labute approximate surface area is 113 Å². The predicted molar refractivity (Wildman–Crippen MR) is 76.1 cm³/mol. The number of rotatable bonds is 5. The summed E-state index contributed by atoms with van der Waals surface area (Å²) < 4.78 is 15.5.